The van der Waals surface area contributed by atoms with Crippen LogP contribution >= 0.6 is 11.9 Å². The van der Waals surface area contributed by atoms with E-state index in [0.29, 0.717) is 34.7 Å². The summed E-state index contributed by atoms with van der Waals surface area (Å²) in [5, 5.41) is 5.76. The zero-order valence-electron chi connectivity index (χ0n) is 21.3. The first-order chi connectivity index (χ1) is 19.2. The Bertz CT molecular complexity index is 1590. The van der Waals surface area contributed by atoms with Gasteiger partial charge in [0.2, 0.25) is 5.95 Å². The van der Waals surface area contributed by atoms with Gasteiger partial charge >= 0.3 is 0 Å². The highest BCUT2D eigenvalue weighted by Gasteiger charge is 2.16. The lowest BCUT2D eigenvalue weighted by Crippen LogP contribution is -2.23. The Balaban J connectivity index is 1.17. The van der Waals surface area contributed by atoms with Gasteiger partial charge in [-0.3, -0.25) is 4.98 Å². The van der Waals surface area contributed by atoms with E-state index >= 15 is 4.39 Å². The Hall–Kier alpha value is -4.17. The van der Waals surface area contributed by atoms with Gasteiger partial charge in [-0.1, -0.05) is 55.7 Å². The lowest BCUT2D eigenvalue weighted by atomic mass is 9.96. The number of fused-ring (bicyclic) bond motifs is 1. The predicted molar refractivity (Wildman–Crippen MR) is 156 cm³/mol. The molecule has 6 nitrogen and oxygen atoms in total. The van der Waals surface area contributed by atoms with Crippen molar-refractivity contribution >= 4 is 34.4 Å². The molecule has 6 rings (SSSR count). The minimum Gasteiger partial charge on any atom is -0.453 e. The van der Waals surface area contributed by atoms with Crippen molar-refractivity contribution in [1.29, 1.82) is 0 Å². The van der Waals surface area contributed by atoms with E-state index in [0.717, 1.165) is 28.5 Å². The van der Waals surface area contributed by atoms with Crippen molar-refractivity contribution in [3.8, 4) is 22.8 Å². The van der Waals surface area contributed by atoms with Crippen molar-refractivity contribution in [2.24, 2.45) is 0 Å². The van der Waals surface area contributed by atoms with E-state index in [1.54, 1.807) is 36.8 Å². The number of hydrogen-bond acceptors (Lipinski definition) is 7. The summed E-state index contributed by atoms with van der Waals surface area (Å²) in [4.78, 5) is 14.4. The van der Waals surface area contributed by atoms with E-state index < -0.39 is 5.82 Å². The van der Waals surface area contributed by atoms with Gasteiger partial charge in [0.15, 0.2) is 11.6 Å². The number of anilines is 2. The van der Waals surface area contributed by atoms with Crippen molar-refractivity contribution in [3.05, 3.63) is 97.2 Å². The Morgan fingerprint density at radius 3 is 2.64 bits per heavy atom. The van der Waals surface area contributed by atoms with Crippen LogP contribution < -0.4 is 14.8 Å². The molecule has 1 aliphatic rings. The predicted octanol–water partition coefficient (Wildman–Crippen LogP) is 8.49. The molecule has 1 fully saturated rings. The first-order valence-electron chi connectivity index (χ1n) is 13.1. The second kappa shape index (κ2) is 11.7. The summed E-state index contributed by atoms with van der Waals surface area (Å²) in [6.07, 6.45) is 11.0. The maximum Gasteiger partial charge on any atom is 0.223 e. The fourth-order valence-electron chi connectivity index (χ4n) is 4.83. The molecule has 8 heteroatoms. The highest BCUT2D eigenvalue weighted by molar-refractivity contribution is 8.00. The molecule has 0 saturated heterocycles. The molecule has 2 heterocycles. The molecule has 0 unspecified atom stereocenters. The number of halogens is 1. The minimum absolute atomic E-state index is 0.123. The van der Waals surface area contributed by atoms with Gasteiger partial charge in [0.25, 0.3) is 0 Å². The van der Waals surface area contributed by atoms with Crippen LogP contribution in [-0.2, 0) is 0 Å². The molecule has 196 valence electrons. The third kappa shape index (κ3) is 5.96. The SMILES string of the molecule is Fc1cc(NSc2cccc3ccccc23)ccc1Oc1ccncc1-c1ccnc(NC2CCCCC2)n1. The third-order valence-electron chi connectivity index (χ3n) is 6.83. The first kappa shape index (κ1) is 25.1. The highest BCUT2D eigenvalue weighted by atomic mass is 32.2. The number of nitrogens with zero attached hydrogens (tertiary/aromatic N) is 3. The van der Waals surface area contributed by atoms with E-state index in [-0.39, 0.29) is 5.75 Å². The summed E-state index contributed by atoms with van der Waals surface area (Å²) >= 11 is 1.45. The molecule has 2 N–H and O–H groups in total. The van der Waals surface area contributed by atoms with Gasteiger partial charge in [0.1, 0.15) is 5.75 Å². The standard InChI is InChI=1S/C31H28FN5OS/c32-26-19-23(37-39-30-12-6-8-21-7-4-5-11-24(21)30)13-14-29(26)38-28-16-17-33-20-25(28)27-15-18-34-31(36-27)35-22-9-2-1-3-10-22/h4-8,11-20,22,37H,1-3,9-10H2,(H,34,35,36). The van der Waals surface area contributed by atoms with Crippen molar-refractivity contribution < 1.29 is 9.13 Å². The van der Waals surface area contributed by atoms with Crippen molar-refractivity contribution in [2.75, 3.05) is 10.0 Å². The highest BCUT2D eigenvalue weighted by Crippen LogP contribution is 2.35. The summed E-state index contributed by atoms with van der Waals surface area (Å²) < 4.78 is 24.4. The van der Waals surface area contributed by atoms with Crippen molar-refractivity contribution in [3.63, 3.8) is 0 Å². The Kier molecular flexibility index (Phi) is 7.54. The molecular weight excluding hydrogens is 509 g/mol. The number of benzene rings is 3. The van der Waals surface area contributed by atoms with Gasteiger partial charge in [-0.2, -0.15) is 0 Å². The molecular formula is C31H28FN5OS. The lowest BCUT2D eigenvalue weighted by molar-refractivity contribution is 0.443. The van der Waals surface area contributed by atoms with Gasteiger partial charge in [-0.25, -0.2) is 14.4 Å². The van der Waals surface area contributed by atoms with E-state index in [1.165, 1.54) is 37.3 Å². The molecule has 3 aromatic carbocycles. The zero-order valence-corrected chi connectivity index (χ0v) is 22.1. The van der Waals surface area contributed by atoms with Crippen LogP contribution in [0.4, 0.5) is 16.0 Å². The Labute approximate surface area is 231 Å². The van der Waals surface area contributed by atoms with E-state index in [9.17, 15) is 0 Å². The number of ether oxygens (including phenoxy) is 1. The molecule has 1 aliphatic carbocycles. The number of aromatic nitrogens is 3. The van der Waals surface area contributed by atoms with Crippen molar-refractivity contribution in [1.82, 2.24) is 15.0 Å². The summed E-state index contributed by atoms with van der Waals surface area (Å²) in [7, 11) is 0. The smallest absolute Gasteiger partial charge is 0.223 e. The average Bonchev–Trinajstić information content (AvgIpc) is 2.98. The quantitative estimate of drug-likeness (QED) is 0.192. The number of rotatable bonds is 8. The van der Waals surface area contributed by atoms with Crippen LogP contribution in [0, 0.1) is 5.82 Å². The fourth-order valence-corrected chi connectivity index (χ4v) is 5.63. The van der Waals surface area contributed by atoms with Crippen LogP contribution in [0.25, 0.3) is 22.0 Å². The molecule has 0 aliphatic heterocycles. The zero-order chi connectivity index (χ0) is 26.4. The molecule has 2 aromatic heterocycles. The molecule has 0 radical (unpaired) electrons. The fraction of sp³-hybridized carbons (Fsp3) is 0.194. The van der Waals surface area contributed by atoms with Gasteiger partial charge in [-0.15, -0.1) is 0 Å². The van der Waals surface area contributed by atoms with Crippen LogP contribution in [0.5, 0.6) is 11.5 Å². The normalized spacial score (nSPS) is 13.8. The third-order valence-corrected chi connectivity index (χ3v) is 7.74. The van der Waals surface area contributed by atoms with Gasteiger partial charge < -0.3 is 14.8 Å². The van der Waals surface area contributed by atoms with Gasteiger partial charge in [-0.05, 0) is 65.9 Å². The van der Waals surface area contributed by atoms with Gasteiger partial charge in [0.05, 0.1) is 11.3 Å². The average molecular weight is 538 g/mol. The number of pyridine rings is 1. The lowest BCUT2D eigenvalue weighted by Gasteiger charge is -2.22. The second-order valence-electron chi connectivity index (χ2n) is 9.55. The van der Waals surface area contributed by atoms with E-state index in [4.69, 9.17) is 9.72 Å². The molecule has 0 bridgehead atoms. The number of nitrogens with one attached hydrogen (secondary N) is 2. The van der Waals surface area contributed by atoms with Crippen molar-refractivity contribution in [2.45, 2.75) is 43.0 Å². The van der Waals surface area contributed by atoms with Crippen LogP contribution in [0.2, 0.25) is 0 Å². The summed E-state index contributed by atoms with van der Waals surface area (Å²) in [5.74, 6) is 0.706. The second-order valence-corrected chi connectivity index (χ2v) is 10.4. The Morgan fingerprint density at radius 1 is 0.872 bits per heavy atom. The summed E-state index contributed by atoms with van der Waals surface area (Å²) in [5.41, 5.74) is 1.97. The molecule has 0 spiro atoms. The molecule has 5 aromatic rings. The largest absolute Gasteiger partial charge is 0.453 e. The summed E-state index contributed by atoms with van der Waals surface area (Å²) in [6, 6.07) is 23.1. The topological polar surface area (TPSA) is 72.0 Å². The number of hydrogen-bond donors (Lipinski definition) is 2. The van der Waals surface area contributed by atoms with Crippen LogP contribution in [0.3, 0.4) is 0 Å². The van der Waals surface area contributed by atoms with Crippen LogP contribution in [-0.4, -0.2) is 21.0 Å². The van der Waals surface area contributed by atoms with Crippen LogP contribution in [0.15, 0.2) is 96.3 Å². The molecule has 1 saturated carbocycles. The molecule has 0 amide bonds. The minimum atomic E-state index is -0.469. The van der Waals surface area contributed by atoms with E-state index in [2.05, 4.69) is 38.2 Å². The first-order valence-corrected chi connectivity index (χ1v) is 14.0. The maximum atomic E-state index is 15.1. The Morgan fingerprint density at radius 2 is 1.74 bits per heavy atom. The van der Waals surface area contributed by atoms with Crippen LogP contribution in [0.1, 0.15) is 32.1 Å². The monoisotopic (exact) mass is 537 g/mol. The molecule has 0 atom stereocenters. The van der Waals surface area contributed by atoms with Gasteiger partial charge in [0, 0.05) is 41.3 Å². The molecule has 39 heavy (non-hydrogen) atoms. The van der Waals surface area contributed by atoms with E-state index in [1.807, 2.05) is 30.3 Å². The maximum absolute atomic E-state index is 15.1. The summed E-state index contributed by atoms with van der Waals surface area (Å²) in [6.45, 7) is 0.